The number of nitrogens with two attached hydrogens (primary N) is 1. The predicted molar refractivity (Wildman–Crippen MR) is 117 cm³/mol. The van der Waals surface area contributed by atoms with Crippen LogP contribution in [0.3, 0.4) is 0 Å². The Hall–Kier alpha value is -3.54. The van der Waals surface area contributed by atoms with Crippen molar-refractivity contribution in [2.75, 3.05) is 12.4 Å². The second kappa shape index (κ2) is 8.06. The van der Waals surface area contributed by atoms with Gasteiger partial charge in [0.25, 0.3) is 0 Å². The maximum Gasteiger partial charge on any atom is 0.248 e. The van der Waals surface area contributed by atoms with Gasteiger partial charge in [-0.05, 0) is 62.1 Å². The van der Waals surface area contributed by atoms with E-state index in [2.05, 4.69) is 11.4 Å². The number of fused-ring (bicyclic) bond motifs is 3. The number of amides is 2. The van der Waals surface area contributed by atoms with Gasteiger partial charge in [0.1, 0.15) is 17.1 Å². The van der Waals surface area contributed by atoms with E-state index in [1.54, 1.807) is 31.4 Å². The first-order valence-corrected chi connectivity index (χ1v) is 9.98. The van der Waals surface area contributed by atoms with Crippen LogP contribution in [0.5, 0.6) is 5.75 Å². The summed E-state index contributed by atoms with van der Waals surface area (Å²) < 4.78 is 11.6. The Bertz CT molecular complexity index is 1160. The van der Waals surface area contributed by atoms with Gasteiger partial charge < -0.3 is 20.2 Å². The Morgan fingerprint density at radius 1 is 1.13 bits per heavy atom. The van der Waals surface area contributed by atoms with Crippen LogP contribution in [-0.2, 0) is 17.6 Å². The molecule has 2 aromatic carbocycles. The number of hydrogen-bond acceptors (Lipinski definition) is 4. The number of nitrogens with one attached hydrogen (secondary N) is 1. The number of carbonyl (C=O) groups is 2. The third-order valence-electron chi connectivity index (χ3n) is 5.49. The third-order valence-corrected chi connectivity index (χ3v) is 5.49. The molecule has 30 heavy (non-hydrogen) atoms. The second-order valence-electron chi connectivity index (χ2n) is 7.52. The number of ether oxygens (including phenoxy) is 1. The molecule has 3 N–H and O–H groups in total. The summed E-state index contributed by atoms with van der Waals surface area (Å²) in [4.78, 5) is 23.7. The van der Waals surface area contributed by atoms with Crippen molar-refractivity contribution in [3.05, 3.63) is 64.9 Å². The molecular weight excluding hydrogens is 380 g/mol. The molecule has 0 fully saturated rings. The van der Waals surface area contributed by atoms with Crippen LogP contribution in [0.1, 0.15) is 47.0 Å². The van der Waals surface area contributed by atoms with E-state index in [-0.39, 0.29) is 5.91 Å². The van der Waals surface area contributed by atoms with E-state index in [9.17, 15) is 9.59 Å². The van der Waals surface area contributed by atoms with Crippen LogP contribution in [0.4, 0.5) is 5.69 Å². The standard InChI is InChI=1S/C24H24N2O4/c1-14(11-23(27)26-16-9-7-15(8-10-16)24(25)28)18-12-19-17-5-3-4-6-20(17)30-22(19)13-21(18)29-2/h7-13H,3-6H2,1-2H3,(H2,25,28)(H,26,27)/b14-11+. The Balaban J connectivity index is 1.62. The number of aryl methyl sites for hydroxylation is 2. The molecule has 0 aliphatic heterocycles. The van der Waals surface area contributed by atoms with Crippen LogP contribution in [0, 0.1) is 0 Å². The van der Waals surface area contributed by atoms with E-state index in [0.29, 0.717) is 17.0 Å². The average molecular weight is 404 g/mol. The molecule has 1 aliphatic carbocycles. The number of rotatable bonds is 5. The molecule has 0 spiro atoms. The molecule has 3 aromatic rings. The zero-order valence-electron chi connectivity index (χ0n) is 17.1. The Kier molecular flexibility index (Phi) is 5.31. The zero-order valence-corrected chi connectivity index (χ0v) is 17.1. The summed E-state index contributed by atoms with van der Waals surface area (Å²) in [5, 5.41) is 3.89. The van der Waals surface area contributed by atoms with Crippen molar-refractivity contribution >= 4 is 34.0 Å². The fourth-order valence-corrected chi connectivity index (χ4v) is 3.94. The lowest BCUT2D eigenvalue weighted by Crippen LogP contribution is -2.12. The van der Waals surface area contributed by atoms with Gasteiger partial charge in [-0.1, -0.05) is 0 Å². The van der Waals surface area contributed by atoms with Gasteiger partial charge in [0.2, 0.25) is 11.8 Å². The van der Waals surface area contributed by atoms with Crippen molar-refractivity contribution in [3.63, 3.8) is 0 Å². The number of benzene rings is 2. The topological polar surface area (TPSA) is 94.6 Å². The molecule has 1 heterocycles. The maximum atomic E-state index is 12.5. The summed E-state index contributed by atoms with van der Waals surface area (Å²) in [6.07, 6.45) is 5.83. The molecule has 0 saturated heterocycles. The summed E-state index contributed by atoms with van der Waals surface area (Å²) >= 11 is 0. The van der Waals surface area contributed by atoms with E-state index in [1.165, 1.54) is 11.6 Å². The minimum absolute atomic E-state index is 0.268. The zero-order chi connectivity index (χ0) is 21.3. The van der Waals surface area contributed by atoms with Gasteiger partial charge in [0.05, 0.1) is 7.11 Å². The molecule has 0 atom stereocenters. The fourth-order valence-electron chi connectivity index (χ4n) is 3.94. The van der Waals surface area contributed by atoms with Crippen molar-refractivity contribution in [1.29, 1.82) is 0 Å². The van der Waals surface area contributed by atoms with Crippen LogP contribution >= 0.6 is 0 Å². The second-order valence-corrected chi connectivity index (χ2v) is 7.52. The Morgan fingerprint density at radius 3 is 2.57 bits per heavy atom. The number of furan rings is 1. The largest absolute Gasteiger partial charge is 0.496 e. The van der Waals surface area contributed by atoms with Gasteiger partial charge in [0.15, 0.2) is 0 Å². The van der Waals surface area contributed by atoms with Crippen molar-refractivity contribution < 1.29 is 18.7 Å². The normalized spacial score (nSPS) is 13.7. The summed E-state index contributed by atoms with van der Waals surface area (Å²) in [6.45, 7) is 1.88. The molecule has 0 unspecified atom stereocenters. The van der Waals surface area contributed by atoms with E-state index in [4.69, 9.17) is 14.9 Å². The maximum absolute atomic E-state index is 12.5. The molecular formula is C24H24N2O4. The van der Waals surface area contributed by atoms with Gasteiger partial charge >= 0.3 is 0 Å². The summed E-state index contributed by atoms with van der Waals surface area (Å²) in [5.74, 6) is 0.957. The number of methoxy groups -OCH3 is 1. The number of allylic oxidation sites excluding steroid dienone is 1. The van der Waals surface area contributed by atoms with E-state index < -0.39 is 5.91 Å². The number of hydrogen-bond donors (Lipinski definition) is 2. The Labute approximate surface area is 174 Å². The smallest absolute Gasteiger partial charge is 0.248 e. The van der Waals surface area contributed by atoms with Gasteiger partial charge in [-0.3, -0.25) is 9.59 Å². The van der Waals surface area contributed by atoms with Gasteiger partial charge in [0, 0.05) is 46.3 Å². The van der Waals surface area contributed by atoms with Gasteiger partial charge in [-0.2, -0.15) is 0 Å². The van der Waals surface area contributed by atoms with Crippen molar-refractivity contribution in [2.24, 2.45) is 5.73 Å². The molecule has 6 heteroatoms. The molecule has 4 rings (SSSR count). The van der Waals surface area contributed by atoms with Crippen LogP contribution < -0.4 is 15.8 Å². The molecule has 2 amide bonds. The molecule has 154 valence electrons. The highest BCUT2D eigenvalue weighted by atomic mass is 16.5. The first-order chi connectivity index (χ1) is 14.5. The first-order valence-electron chi connectivity index (χ1n) is 9.98. The lowest BCUT2D eigenvalue weighted by atomic mass is 9.94. The number of carbonyl (C=O) groups excluding carboxylic acids is 2. The molecule has 1 aromatic heterocycles. The monoisotopic (exact) mass is 404 g/mol. The highest BCUT2D eigenvalue weighted by molar-refractivity contribution is 6.05. The molecule has 0 saturated carbocycles. The lowest BCUT2D eigenvalue weighted by molar-refractivity contribution is -0.111. The van der Waals surface area contributed by atoms with Crippen LogP contribution in [0.25, 0.3) is 16.5 Å². The van der Waals surface area contributed by atoms with E-state index in [0.717, 1.165) is 53.5 Å². The first kappa shape index (κ1) is 19.8. The average Bonchev–Trinajstić information content (AvgIpc) is 3.10. The molecule has 1 aliphatic rings. The van der Waals surface area contributed by atoms with Crippen molar-refractivity contribution in [3.8, 4) is 5.75 Å². The van der Waals surface area contributed by atoms with Crippen LogP contribution in [-0.4, -0.2) is 18.9 Å². The summed E-state index contributed by atoms with van der Waals surface area (Å²) in [5.41, 5.74) is 9.96. The highest BCUT2D eigenvalue weighted by Gasteiger charge is 2.20. The molecule has 0 bridgehead atoms. The number of primary amides is 1. The minimum Gasteiger partial charge on any atom is -0.496 e. The van der Waals surface area contributed by atoms with Crippen LogP contribution in [0.2, 0.25) is 0 Å². The molecule has 0 radical (unpaired) electrons. The summed E-state index contributed by atoms with van der Waals surface area (Å²) in [7, 11) is 1.61. The molecule has 6 nitrogen and oxygen atoms in total. The van der Waals surface area contributed by atoms with E-state index >= 15 is 0 Å². The predicted octanol–water partition coefficient (Wildman–Crippen LogP) is 4.46. The summed E-state index contributed by atoms with van der Waals surface area (Å²) in [6, 6.07) is 10.4. The third kappa shape index (κ3) is 3.81. The Morgan fingerprint density at radius 2 is 1.87 bits per heavy atom. The van der Waals surface area contributed by atoms with Crippen molar-refractivity contribution in [2.45, 2.75) is 32.6 Å². The SMILES string of the molecule is COc1cc2oc3c(c2cc1/C(C)=C/C(=O)Nc1ccc(C(N)=O)cc1)CCCC3. The van der Waals surface area contributed by atoms with Crippen molar-refractivity contribution in [1.82, 2.24) is 0 Å². The van der Waals surface area contributed by atoms with Gasteiger partial charge in [-0.25, -0.2) is 0 Å². The van der Waals surface area contributed by atoms with E-state index in [1.807, 2.05) is 13.0 Å². The highest BCUT2D eigenvalue weighted by Crippen LogP contribution is 2.37. The minimum atomic E-state index is -0.507. The fraction of sp³-hybridized carbons (Fsp3) is 0.250. The quantitative estimate of drug-likeness (QED) is 0.614. The lowest BCUT2D eigenvalue weighted by Gasteiger charge is -2.11. The number of anilines is 1. The van der Waals surface area contributed by atoms with Crippen LogP contribution in [0.15, 0.2) is 46.9 Å². The van der Waals surface area contributed by atoms with Gasteiger partial charge in [-0.15, -0.1) is 0 Å².